The highest BCUT2D eigenvalue weighted by Gasteiger charge is 2.46. The molecule has 6 rings (SSSR count). The van der Waals surface area contributed by atoms with E-state index in [0.717, 1.165) is 77.6 Å². The molecule has 1 aromatic carbocycles. The largest absolute Gasteiger partial charge is 0.435 e. The lowest BCUT2D eigenvalue weighted by Gasteiger charge is -2.54. The van der Waals surface area contributed by atoms with Gasteiger partial charge in [-0.3, -0.25) is 4.79 Å². The van der Waals surface area contributed by atoms with Gasteiger partial charge in [-0.25, -0.2) is 9.37 Å². The Hall–Kier alpha value is -4.14. The molecule has 0 N–H and O–H groups in total. The minimum Gasteiger partial charge on any atom is -0.434 e. The number of likely N-dealkylation sites (tertiary alicyclic amines) is 1. The van der Waals surface area contributed by atoms with Crippen molar-refractivity contribution in [3.63, 3.8) is 0 Å². The maximum absolute atomic E-state index is 14.3. The van der Waals surface area contributed by atoms with E-state index in [1.165, 1.54) is 30.6 Å². The zero-order chi connectivity index (χ0) is 34.1. The van der Waals surface area contributed by atoms with Gasteiger partial charge in [-0.2, -0.15) is 13.2 Å². The second-order valence-electron chi connectivity index (χ2n) is 13.4. The maximum Gasteiger partial charge on any atom is 0.435 e. The number of alkyl halides is 3. The highest BCUT2D eigenvalue weighted by Crippen LogP contribution is 2.44. The van der Waals surface area contributed by atoms with Gasteiger partial charge in [0.2, 0.25) is 0 Å². The molecule has 0 atom stereocenters. The smallest absolute Gasteiger partial charge is 0.434 e. The fourth-order valence-electron chi connectivity index (χ4n) is 7.10. The Kier molecular flexibility index (Phi) is 9.68. The number of hydrogen-bond donors (Lipinski definition) is 0. The van der Waals surface area contributed by atoms with Crippen molar-refractivity contribution in [3.05, 3.63) is 53.7 Å². The molecule has 11 nitrogen and oxygen atoms in total. The highest BCUT2D eigenvalue weighted by atomic mass is 19.4. The number of nitrogens with zero attached hydrogens (tertiary/aromatic N) is 9. The molecule has 3 aliphatic heterocycles. The molecule has 0 radical (unpaired) electrons. The van der Waals surface area contributed by atoms with Crippen LogP contribution < -0.4 is 14.5 Å². The predicted molar refractivity (Wildman–Crippen MR) is 170 cm³/mol. The van der Waals surface area contributed by atoms with Gasteiger partial charge in [0.05, 0.1) is 5.56 Å². The zero-order valence-electron chi connectivity index (χ0n) is 27.5. The number of amides is 1. The number of aromatic nitrogens is 5. The fourth-order valence-corrected chi connectivity index (χ4v) is 7.10. The molecular formula is C33H41F4N9O2. The van der Waals surface area contributed by atoms with E-state index in [0.29, 0.717) is 24.1 Å². The van der Waals surface area contributed by atoms with E-state index in [1.54, 1.807) is 4.90 Å². The lowest BCUT2D eigenvalue weighted by molar-refractivity contribution is -0.141. The minimum atomic E-state index is -4.49. The van der Waals surface area contributed by atoms with Crippen LogP contribution in [0.2, 0.25) is 0 Å². The summed E-state index contributed by atoms with van der Waals surface area (Å²) in [4.78, 5) is 26.1. The molecule has 1 spiro atoms. The van der Waals surface area contributed by atoms with Crippen molar-refractivity contribution < 1.29 is 27.1 Å². The summed E-state index contributed by atoms with van der Waals surface area (Å²) in [5.41, 5.74) is -0.689. The molecular weight excluding hydrogens is 630 g/mol. The average molecular weight is 672 g/mol. The third kappa shape index (κ3) is 7.30. The molecule has 0 saturated carbocycles. The Balaban J connectivity index is 1.01. The summed E-state index contributed by atoms with van der Waals surface area (Å²) < 4.78 is 58.9. The molecule has 3 aromatic rings. The van der Waals surface area contributed by atoms with Crippen LogP contribution in [0.15, 0.2) is 36.7 Å². The molecule has 0 aliphatic carbocycles. The van der Waals surface area contributed by atoms with Crippen molar-refractivity contribution in [1.82, 2.24) is 35.2 Å². The second-order valence-corrected chi connectivity index (χ2v) is 13.4. The highest BCUT2D eigenvalue weighted by molar-refractivity contribution is 5.97. The van der Waals surface area contributed by atoms with Gasteiger partial charge in [0, 0.05) is 50.7 Å². The minimum absolute atomic E-state index is 0.0691. The van der Waals surface area contributed by atoms with Crippen LogP contribution in [0.1, 0.15) is 62.5 Å². The Morgan fingerprint density at radius 1 is 1.02 bits per heavy atom. The summed E-state index contributed by atoms with van der Waals surface area (Å²) in [7, 11) is 0. The normalized spacial score (nSPS) is 18.7. The van der Waals surface area contributed by atoms with Crippen LogP contribution in [0.3, 0.4) is 0 Å². The van der Waals surface area contributed by atoms with Crippen LogP contribution in [0.4, 0.5) is 29.2 Å². The van der Waals surface area contributed by atoms with Crippen molar-refractivity contribution in [2.45, 2.75) is 58.7 Å². The van der Waals surface area contributed by atoms with E-state index in [9.17, 15) is 22.4 Å². The van der Waals surface area contributed by atoms with E-state index in [1.807, 2.05) is 25.7 Å². The van der Waals surface area contributed by atoms with Gasteiger partial charge in [0.25, 0.3) is 11.8 Å². The van der Waals surface area contributed by atoms with E-state index in [-0.39, 0.29) is 34.6 Å². The van der Waals surface area contributed by atoms with Gasteiger partial charge >= 0.3 is 6.18 Å². The predicted octanol–water partition coefficient (Wildman–Crippen LogP) is 5.30. The Labute approximate surface area is 277 Å². The van der Waals surface area contributed by atoms with Gasteiger partial charge in [0.15, 0.2) is 17.3 Å². The molecule has 2 aromatic heterocycles. The first-order chi connectivity index (χ1) is 22.9. The summed E-state index contributed by atoms with van der Waals surface area (Å²) in [6.07, 6.45) is 0.900. The first-order valence-electron chi connectivity index (χ1n) is 16.5. The summed E-state index contributed by atoms with van der Waals surface area (Å²) in [5.74, 6) is 1.07. The molecule has 1 amide bonds. The van der Waals surface area contributed by atoms with Crippen molar-refractivity contribution >= 4 is 17.5 Å². The molecule has 0 bridgehead atoms. The molecule has 258 valence electrons. The molecule has 15 heteroatoms. The average Bonchev–Trinajstić information content (AvgIpc) is 3.05. The molecule has 3 saturated heterocycles. The fraction of sp³-hybridized carbons (Fsp3) is 0.576. The van der Waals surface area contributed by atoms with Gasteiger partial charge in [-0.05, 0) is 95.8 Å². The van der Waals surface area contributed by atoms with Crippen LogP contribution in [0, 0.1) is 17.2 Å². The SMILES string of the molecule is CCN(C(=O)c1cc(F)ccc1Oc1nncnc1N1CC2(CCN(CC3CCN(c4ccc(C(F)(F)F)nn4)CC3)CC2)C1)C(C)C. The quantitative estimate of drug-likeness (QED) is 0.279. The molecule has 5 heterocycles. The Morgan fingerprint density at radius 2 is 1.75 bits per heavy atom. The van der Waals surface area contributed by atoms with Gasteiger partial charge in [0.1, 0.15) is 17.9 Å². The Bertz CT molecular complexity index is 1570. The first-order valence-corrected chi connectivity index (χ1v) is 16.5. The van der Waals surface area contributed by atoms with Crippen LogP contribution in [0.25, 0.3) is 0 Å². The Morgan fingerprint density at radius 3 is 2.38 bits per heavy atom. The summed E-state index contributed by atoms with van der Waals surface area (Å²) >= 11 is 0. The standard InChI is InChI=1S/C33H41F4N9O2/c1-4-46(22(2)3)31(47)25-17-24(34)5-6-26(25)48-30-29(38-21-39-42-30)45-19-32(20-45)11-15-43(16-12-32)18-23-9-13-44(14-10-23)28-8-7-27(40-41-28)33(35,36)37/h5-8,17,21-23H,4,9-16,18-20H2,1-3H3. The monoisotopic (exact) mass is 671 g/mol. The number of carbonyl (C=O) groups excluding carboxylic acids is 1. The summed E-state index contributed by atoms with van der Waals surface area (Å²) in [6.45, 7) is 12.3. The van der Waals surface area contributed by atoms with Crippen LogP contribution in [0.5, 0.6) is 11.6 Å². The van der Waals surface area contributed by atoms with Crippen molar-refractivity contribution in [3.8, 4) is 11.6 Å². The van der Waals surface area contributed by atoms with Crippen molar-refractivity contribution in [1.29, 1.82) is 0 Å². The lowest BCUT2D eigenvalue weighted by Crippen LogP contribution is -2.61. The zero-order valence-corrected chi connectivity index (χ0v) is 27.5. The number of hydrogen-bond acceptors (Lipinski definition) is 10. The topological polar surface area (TPSA) is 104 Å². The lowest BCUT2D eigenvalue weighted by atomic mass is 9.72. The third-order valence-corrected chi connectivity index (χ3v) is 9.84. The van der Waals surface area contributed by atoms with Crippen LogP contribution >= 0.6 is 0 Å². The third-order valence-electron chi connectivity index (χ3n) is 9.84. The number of halogens is 4. The summed E-state index contributed by atoms with van der Waals surface area (Å²) in [6, 6.07) is 6.22. The van der Waals surface area contributed by atoms with Crippen LogP contribution in [-0.2, 0) is 6.18 Å². The maximum atomic E-state index is 14.3. The number of carbonyl (C=O) groups is 1. The number of rotatable bonds is 9. The van der Waals surface area contributed by atoms with E-state index in [4.69, 9.17) is 4.74 Å². The second kappa shape index (κ2) is 13.8. The molecule has 48 heavy (non-hydrogen) atoms. The number of anilines is 2. The van der Waals surface area contributed by atoms with Crippen LogP contribution in [-0.4, -0.2) is 99.5 Å². The van der Waals surface area contributed by atoms with Gasteiger partial charge in [-0.15, -0.1) is 20.4 Å². The van der Waals surface area contributed by atoms with Crippen molar-refractivity contribution in [2.24, 2.45) is 11.3 Å². The van der Waals surface area contributed by atoms with Crippen molar-refractivity contribution in [2.75, 3.05) is 62.2 Å². The summed E-state index contributed by atoms with van der Waals surface area (Å²) in [5, 5.41) is 15.3. The van der Waals surface area contributed by atoms with Gasteiger partial charge < -0.3 is 24.3 Å². The number of ether oxygens (including phenoxy) is 1. The number of piperidine rings is 2. The van der Waals surface area contributed by atoms with Gasteiger partial charge in [-0.1, -0.05) is 0 Å². The molecule has 0 unspecified atom stereocenters. The van der Waals surface area contributed by atoms with E-state index < -0.39 is 17.7 Å². The van der Waals surface area contributed by atoms with E-state index >= 15 is 0 Å². The first kappa shape index (κ1) is 33.7. The molecule has 3 aliphatic rings. The number of benzene rings is 1. The van der Waals surface area contributed by atoms with E-state index in [2.05, 4.69) is 35.2 Å². The molecule has 3 fully saturated rings.